The summed E-state index contributed by atoms with van der Waals surface area (Å²) < 4.78 is 3.38. The molecule has 2 aromatic heterocycles. The predicted molar refractivity (Wildman–Crippen MR) is 186 cm³/mol. The largest absolute Gasteiger partial charge is 0.374 e. The topological polar surface area (TPSA) is 89.2 Å². The third-order valence-corrected chi connectivity index (χ3v) is 9.10. The number of amides is 1. The Morgan fingerprint density at radius 3 is 2.26 bits per heavy atom. The molecule has 5 aromatic rings. The van der Waals surface area contributed by atoms with Gasteiger partial charge in [-0.15, -0.1) is 0 Å². The van der Waals surface area contributed by atoms with E-state index < -0.39 is 5.60 Å². The van der Waals surface area contributed by atoms with Crippen molar-refractivity contribution in [1.29, 1.82) is 0 Å². The lowest BCUT2D eigenvalue weighted by atomic mass is 9.82. The summed E-state index contributed by atoms with van der Waals surface area (Å²) in [5, 5.41) is 17.1. The highest BCUT2D eigenvalue weighted by molar-refractivity contribution is 6.30. The van der Waals surface area contributed by atoms with E-state index in [4.69, 9.17) is 11.6 Å². The lowest BCUT2D eigenvalue weighted by Crippen LogP contribution is -2.31. The number of unbranched alkanes of at least 4 members (excludes halogenated alkanes) is 7. The third kappa shape index (κ3) is 7.11. The van der Waals surface area contributed by atoms with Gasteiger partial charge >= 0.3 is 0 Å². The number of nitrogens with zero attached hydrogens (tertiary/aromatic N) is 3. The Morgan fingerprint density at radius 1 is 0.891 bits per heavy atom. The maximum Gasteiger partial charge on any atom is 0.251 e. The first-order chi connectivity index (χ1) is 22.2. The summed E-state index contributed by atoms with van der Waals surface area (Å²) >= 11 is 6.33. The SMILES string of the molecule is CCCCCCCCCCNC(=O)c1ccc(C(O)(c2ccc3c(c2)c(-c2cccc(Cl)c2)cc(=O)n3C)c2cncn2C)cc1. The van der Waals surface area contributed by atoms with Crippen molar-refractivity contribution in [3.05, 3.63) is 123 Å². The Morgan fingerprint density at radius 2 is 1.59 bits per heavy atom. The first-order valence-electron chi connectivity index (χ1n) is 16.2. The summed E-state index contributed by atoms with van der Waals surface area (Å²) in [4.78, 5) is 30.2. The fraction of sp³-hybridized carbons (Fsp3) is 0.342. The van der Waals surface area contributed by atoms with Gasteiger partial charge in [0.1, 0.15) is 0 Å². The molecule has 2 N–H and O–H groups in total. The molecule has 0 aliphatic carbocycles. The number of nitrogens with one attached hydrogen (secondary N) is 1. The van der Waals surface area contributed by atoms with E-state index in [0.29, 0.717) is 34.0 Å². The van der Waals surface area contributed by atoms with Gasteiger partial charge in [0.15, 0.2) is 5.60 Å². The summed E-state index contributed by atoms with van der Waals surface area (Å²) in [6, 6.07) is 21.7. The average Bonchev–Trinajstić information content (AvgIpc) is 3.51. The number of rotatable bonds is 14. The number of hydrogen-bond donors (Lipinski definition) is 2. The maximum absolute atomic E-state index is 12.9. The molecule has 0 fully saturated rings. The van der Waals surface area contributed by atoms with Gasteiger partial charge in [-0.25, -0.2) is 4.98 Å². The maximum atomic E-state index is 12.9. The van der Waals surface area contributed by atoms with Gasteiger partial charge in [-0.05, 0) is 65.1 Å². The summed E-state index contributed by atoms with van der Waals surface area (Å²) in [5.41, 5.74) is 2.78. The molecular formula is C38H43ClN4O3. The number of halogens is 1. The third-order valence-electron chi connectivity index (χ3n) is 8.87. The Labute approximate surface area is 275 Å². The van der Waals surface area contributed by atoms with Crippen molar-refractivity contribution < 1.29 is 9.90 Å². The zero-order chi connectivity index (χ0) is 32.7. The number of imidazole rings is 1. The summed E-state index contributed by atoms with van der Waals surface area (Å²) in [7, 11) is 3.57. The van der Waals surface area contributed by atoms with Crippen LogP contribution in [0.4, 0.5) is 0 Å². The lowest BCUT2D eigenvalue weighted by molar-refractivity contribution is 0.0951. The second kappa shape index (κ2) is 14.9. The molecule has 46 heavy (non-hydrogen) atoms. The number of carbonyl (C=O) groups excluding carboxylic acids is 1. The van der Waals surface area contributed by atoms with Crippen LogP contribution in [-0.2, 0) is 19.7 Å². The fourth-order valence-corrected chi connectivity index (χ4v) is 6.37. The Bertz CT molecular complexity index is 1860. The van der Waals surface area contributed by atoms with E-state index in [0.717, 1.165) is 34.9 Å². The zero-order valence-electron chi connectivity index (χ0n) is 26.9. The molecule has 0 bridgehead atoms. The fourth-order valence-electron chi connectivity index (χ4n) is 6.17. The number of aryl methyl sites for hydroxylation is 2. The highest BCUT2D eigenvalue weighted by atomic mass is 35.5. The molecule has 1 unspecified atom stereocenters. The van der Waals surface area contributed by atoms with Gasteiger partial charge in [-0.2, -0.15) is 0 Å². The molecule has 2 heterocycles. The quantitative estimate of drug-likeness (QED) is 0.122. The molecule has 240 valence electrons. The van der Waals surface area contributed by atoms with Crippen molar-refractivity contribution in [2.24, 2.45) is 14.1 Å². The van der Waals surface area contributed by atoms with E-state index in [-0.39, 0.29) is 11.5 Å². The minimum Gasteiger partial charge on any atom is -0.374 e. The van der Waals surface area contributed by atoms with Gasteiger partial charge in [0.05, 0.1) is 23.7 Å². The highest BCUT2D eigenvalue weighted by Crippen LogP contribution is 2.39. The highest BCUT2D eigenvalue weighted by Gasteiger charge is 2.37. The monoisotopic (exact) mass is 638 g/mol. The van der Waals surface area contributed by atoms with Crippen LogP contribution in [0.2, 0.25) is 5.02 Å². The molecule has 0 saturated heterocycles. The number of benzene rings is 3. The second-order valence-electron chi connectivity index (χ2n) is 12.1. The van der Waals surface area contributed by atoms with Crippen molar-refractivity contribution in [2.75, 3.05) is 6.54 Å². The van der Waals surface area contributed by atoms with E-state index in [1.165, 1.54) is 38.5 Å². The lowest BCUT2D eigenvalue weighted by Gasteiger charge is -2.30. The van der Waals surface area contributed by atoms with E-state index in [9.17, 15) is 14.7 Å². The van der Waals surface area contributed by atoms with Crippen molar-refractivity contribution in [3.8, 4) is 11.1 Å². The van der Waals surface area contributed by atoms with E-state index in [1.54, 1.807) is 65.1 Å². The smallest absolute Gasteiger partial charge is 0.251 e. The van der Waals surface area contributed by atoms with Crippen molar-refractivity contribution in [2.45, 2.75) is 63.9 Å². The molecule has 0 saturated carbocycles. The summed E-state index contributed by atoms with van der Waals surface area (Å²) in [5.74, 6) is -0.128. The first-order valence-corrected chi connectivity index (χ1v) is 16.6. The van der Waals surface area contributed by atoms with Gasteiger partial charge in [0.25, 0.3) is 11.5 Å². The minimum atomic E-state index is -1.61. The van der Waals surface area contributed by atoms with E-state index >= 15 is 0 Å². The van der Waals surface area contributed by atoms with Gasteiger partial charge in [0.2, 0.25) is 0 Å². The van der Waals surface area contributed by atoms with Gasteiger partial charge < -0.3 is 19.6 Å². The molecule has 0 aliphatic heterocycles. The number of aromatic nitrogens is 3. The molecule has 0 spiro atoms. The van der Waals surface area contributed by atoms with Crippen LogP contribution in [0.3, 0.4) is 0 Å². The van der Waals surface area contributed by atoms with Crippen LogP contribution in [0.1, 0.15) is 85.5 Å². The Hall–Kier alpha value is -4.20. The number of fused-ring (bicyclic) bond motifs is 1. The minimum absolute atomic E-state index is 0.128. The number of aliphatic hydroxyl groups is 1. The normalized spacial score (nSPS) is 12.7. The molecule has 0 aliphatic rings. The first kappa shape index (κ1) is 33.2. The van der Waals surface area contributed by atoms with Crippen LogP contribution in [-0.4, -0.2) is 31.7 Å². The summed E-state index contributed by atoms with van der Waals surface area (Å²) in [6.45, 7) is 2.87. The molecule has 0 radical (unpaired) electrons. The van der Waals surface area contributed by atoms with Crippen LogP contribution in [0.5, 0.6) is 0 Å². The Balaban J connectivity index is 1.43. The van der Waals surface area contributed by atoms with Crippen molar-refractivity contribution >= 4 is 28.4 Å². The molecule has 5 rings (SSSR count). The van der Waals surface area contributed by atoms with Gasteiger partial charge in [-0.3, -0.25) is 9.59 Å². The van der Waals surface area contributed by atoms with Crippen molar-refractivity contribution in [1.82, 2.24) is 19.4 Å². The standard InChI is InChI=1S/C38H43ClN4O3/c1-4-5-6-7-8-9-10-11-21-41-37(45)27-15-17-29(18-16-27)38(46,35-25-40-26-42(35)2)30-19-20-34-33(23-30)32(24-36(44)43(34)3)28-13-12-14-31(39)22-28/h12-20,22-26,46H,4-11,21H2,1-3H3,(H,41,45). The van der Waals surface area contributed by atoms with Gasteiger partial charge in [0, 0.05) is 42.7 Å². The molecule has 1 atom stereocenters. The van der Waals surface area contributed by atoms with Gasteiger partial charge in [-0.1, -0.05) is 93.8 Å². The molecular weight excluding hydrogens is 596 g/mol. The average molecular weight is 639 g/mol. The molecule has 8 heteroatoms. The number of carbonyl (C=O) groups is 1. The number of pyridine rings is 1. The van der Waals surface area contributed by atoms with E-state index in [2.05, 4.69) is 17.2 Å². The van der Waals surface area contributed by atoms with Crippen LogP contribution >= 0.6 is 11.6 Å². The summed E-state index contributed by atoms with van der Waals surface area (Å²) in [6.07, 6.45) is 13.0. The predicted octanol–water partition coefficient (Wildman–Crippen LogP) is 7.75. The van der Waals surface area contributed by atoms with Crippen LogP contribution < -0.4 is 10.9 Å². The Kier molecular flexibility index (Phi) is 10.8. The molecule has 3 aromatic carbocycles. The molecule has 1 amide bonds. The zero-order valence-corrected chi connectivity index (χ0v) is 27.7. The second-order valence-corrected chi connectivity index (χ2v) is 12.5. The van der Waals surface area contributed by atoms with Crippen LogP contribution in [0.15, 0.2) is 90.1 Å². The van der Waals surface area contributed by atoms with Crippen LogP contribution in [0, 0.1) is 0 Å². The van der Waals surface area contributed by atoms with Crippen LogP contribution in [0.25, 0.3) is 22.0 Å². The molecule has 7 nitrogen and oxygen atoms in total. The van der Waals surface area contributed by atoms with Crippen molar-refractivity contribution in [3.63, 3.8) is 0 Å². The van der Waals surface area contributed by atoms with E-state index in [1.807, 2.05) is 43.4 Å². The number of hydrogen-bond acceptors (Lipinski definition) is 4.